The summed E-state index contributed by atoms with van der Waals surface area (Å²) >= 11 is 0. The highest BCUT2D eigenvalue weighted by atomic mass is 19.3. The van der Waals surface area contributed by atoms with Crippen molar-refractivity contribution in [2.45, 2.75) is 24.3 Å². The van der Waals surface area contributed by atoms with Crippen molar-refractivity contribution in [2.24, 2.45) is 5.73 Å². The highest BCUT2D eigenvalue weighted by Crippen LogP contribution is 2.50. The van der Waals surface area contributed by atoms with Gasteiger partial charge in [0, 0.05) is 29.5 Å². The van der Waals surface area contributed by atoms with Crippen molar-refractivity contribution in [1.29, 1.82) is 0 Å². The van der Waals surface area contributed by atoms with Gasteiger partial charge in [-0.25, -0.2) is 13.8 Å². The molecule has 1 saturated carbocycles. The first-order valence-electron chi connectivity index (χ1n) is 12.5. The lowest BCUT2D eigenvalue weighted by atomic mass is 9.70. The second-order valence-electron chi connectivity index (χ2n) is 10.0. The molecule has 1 fully saturated rings. The van der Waals surface area contributed by atoms with Gasteiger partial charge < -0.3 is 5.73 Å². The maximum Gasteiger partial charge on any atom is 0.252 e. The van der Waals surface area contributed by atoms with Crippen molar-refractivity contribution < 1.29 is 8.78 Å². The van der Waals surface area contributed by atoms with Crippen LogP contribution in [0.1, 0.15) is 18.4 Å². The third-order valence-electron chi connectivity index (χ3n) is 7.35. The summed E-state index contributed by atoms with van der Waals surface area (Å²) in [6.07, 6.45) is -0.664. The molecule has 38 heavy (non-hydrogen) atoms. The molecule has 3 aromatic carbocycles. The number of benzene rings is 3. The van der Waals surface area contributed by atoms with Crippen molar-refractivity contribution in [2.75, 3.05) is 0 Å². The molecule has 7 rings (SSSR count). The highest BCUT2D eigenvalue weighted by molar-refractivity contribution is 5.92. The van der Waals surface area contributed by atoms with Gasteiger partial charge in [-0.2, -0.15) is 0 Å². The third-order valence-corrected chi connectivity index (χ3v) is 7.35. The summed E-state index contributed by atoms with van der Waals surface area (Å²) in [5, 5.41) is 8.88. The van der Waals surface area contributed by atoms with Gasteiger partial charge in [0.25, 0.3) is 5.92 Å². The van der Waals surface area contributed by atoms with Crippen LogP contribution in [0.5, 0.6) is 0 Å². The van der Waals surface area contributed by atoms with E-state index in [-0.39, 0.29) is 12.8 Å². The summed E-state index contributed by atoms with van der Waals surface area (Å²) in [4.78, 5) is 5.11. The van der Waals surface area contributed by atoms with Crippen molar-refractivity contribution in [3.63, 3.8) is 0 Å². The molecule has 0 aliphatic heterocycles. The molecule has 3 heterocycles. The van der Waals surface area contributed by atoms with E-state index in [1.165, 1.54) is 0 Å². The van der Waals surface area contributed by atoms with Crippen LogP contribution < -0.4 is 5.73 Å². The molecule has 6 aromatic rings. The number of nitrogens with two attached hydrogens (primary N) is 1. The van der Waals surface area contributed by atoms with Gasteiger partial charge in [-0.05, 0) is 29.3 Å². The Balaban J connectivity index is 1.42. The molecule has 0 radical (unpaired) electrons. The third kappa shape index (κ3) is 3.66. The number of halogens is 2. The number of rotatable bonds is 4. The van der Waals surface area contributed by atoms with Crippen LogP contribution in [0.4, 0.5) is 8.78 Å². The first-order chi connectivity index (χ1) is 18.4. The summed E-state index contributed by atoms with van der Waals surface area (Å²) in [7, 11) is 0. The number of hydrogen-bond acceptors (Lipinski definition) is 4. The molecule has 0 spiro atoms. The molecular formula is C31H23F2N5. The molecule has 0 amide bonds. The minimum absolute atomic E-state index is 0.332. The summed E-state index contributed by atoms with van der Waals surface area (Å²) in [6.45, 7) is 0. The maximum absolute atomic E-state index is 13.6. The Hall–Kier alpha value is -4.49. The number of nitrogens with zero attached hydrogens (tertiary/aromatic N) is 4. The lowest BCUT2D eigenvalue weighted by Crippen LogP contribution is -2.55. The van der Waals surface area contributed by atoms with Gasteiger partial charge in [0.2, 0.25) is 0 Å². The molecule has 0 unspecified atom stereocenters. The van der Waals surface area contributed by atoms with E-state index in [1.54, 1.807) is 0 Å². The summed E-state index contributed by atoms with van der Waals surface area (Å²) in [5.41, 5.74) is 13.0. The second-order valence-corrected chi connectivity index (χ2v) is 10.0. The zero-order valence-electron chi connectivity index (χ0n) is 20.4. The predicted octanol–water partition coefficient (Wildman–Crippen LogP) is 6.86. The number of fused-ring (bicyclic) bond motifs is 3. The zero-order valence-corrected chi connectivity index (χ0v) is 20.4. The van der Waals surface area contributed by atoms with Crippen molar-refractivity contribution in [3.8, 4) is 33.8 Å². The van der Waals surface area contributed by atoms with Crippen LogP contribution in [0.15, 0.2) is 103 Å². The molecule has 3 aromatic heterocycles. The summed E-state index contributed by atoms with van der Waals surface area (Å²) in [6, 6.07) is 33.6. The SMILES string of the molecule is NC1(c2ccc(-c3nc4ccc5nnc(-c6ccccc6)n5c4cc3-c3ccccc3)cc2)CC(F)(F)C1. The average Bonchev–Trinajstić information content (AvgIpc) is 3.37. The molecule has 1 aliphatic rings. The Morgan fingerprint density at radius 2 is 1.37 bits per heavy atom. The predicted molar refractivity (Wildman–Crippen MR) is 145 cm³/mol. The van der Waals surface area contributed by atoms with E-state index < -0.39 is 11.5 Å². The Morgan fingerprint density at radius 1 is 0.711 bits per heavy atom. The van der Waals surface area contributed by atoms with Gasteiger partial charge >= 0.3 is 0 Å². The van der Waals surface area contributed by atoms with Gasteiger partial charge in [0.1, 0.15) is 0 Å². The molecular weight excluding hydrogens is 480 g/mol. The topological polar surface area (TPSA) is 69.1 Å². The van der Waals surface area contributed by atoms with E-state index in [2.05, 4.69) is 28.4 Å². The number of pyridine rings is 2. The summed E-state index contributed by atoms with van der Waals surface area (Å²) in [5.74, 6) is -1.95. The van der Waals surface area contributed by atoms with Gasteiger partial charge in [-0.15, -0.1) is 10.2 Å². The molecule has 0 atom stereocenters. The molecule has 1 aliphatic carbocycles. The van der Waals surface area contributed by atoms with Crippen LogP contribution in [0.2, 0.25) is 0 Å². The van der Waals surface area contributed by atoms with Gasteiger partial charge in [-0.1, -0.05) is 84.9 Å². The van der Waals surface area contributed by atoms with Crippen LogP contribution >= 0.6 is 0 Å². The first-order valence-corrected chi connectivity index (χ1v) is 12.5. The lowest BCUT2D eigenvalue weighted by Gasteiger charge is -2.44. The Morgan fingerprint density at radius 3 is 2.03 bits per heavy atom. The quantitative estimate of drug-likeness (QED) is 0.285. The Labute approximate surface area is 217 Å². The molecule has 2 N–H and O–H groups in total. The minimum atomic E-state index is -2.69. The highest BCUT2D eigenvalue weighted by Gasteiger charge is 2.55. The fourth-order valence-corrected chi connectivity index (χ4v) is 5.48. The number of alkyl halides is 2. The lowest BCUT2D eigenvalue weighted by molar-refractivity contribution is -0.125. The second kappa shape index (κ2) is 8.26. The van der Waals surface area contributed by atoms with E-state index in [0.717, 1.165) is 50.5 Å². The minimum Gasteiger partial charge on any atom is -0.321 e. The monoisotopic (exact) mass is 503 g/mol. The van der Waals surface area contributed by atoms with Gasteiger partial charge in [0.05, 0.1) is 22.3 Å². The van der Waals surface area contributed by atoms with Gasteiger partial charge in [0.15, 0.2) is 11.5 Å². The van der Waals surface area contributed by atoms with Crippen LogP contribution in [-0.4, -0.2) is 25.5 Å². The normalized spacial score (nSPS) is 16.0. The first kappa shape index (κ1) is 22.7. The maximum atomic E-state index is 13.6. The Kier molecular flexibility index (Phi) is 4.93. The standard InChI is InChI=1S/C31H23F2N5/c32-31(33)18-30(34,19-31)23-13-11-21(12-14-23)28-24(20-7-3-1-4-8-20)17-26-25(35-28)15-16-27-36-37-29(38(26)27)22-9-5-2-6-10-22/h1-17H,18-19,34H2. The summed E-state index contributed by atoms with van der Waals surface area (Å²) < 4.78 is 29.2. The van der Waals surface area contributed by atoms with Crippen LogP contribution in [-0.2, 0) is 5.54 Å². The van der Waals surface area contributed by atoms with Crippen molar-refractivity contribution >= 4 is 16.7 Å². The van der Waals surface area contributed by atoms with E-state index >= 15 is 0 Å². The number of hydrogen-bond donors (Lipinski definition) is 1. The molecule has 186 valence electrons. The van der Waals surface area contributed by atoms with E-state index in [1.807, 2.05) is 89.3 Å². The number of aromatic nitrogens is 4. The smallest absolute Gasteiger partial charge is 0.252 e. The van der Waals surface area contributed by atoms with Gasteiger partial charge in [-0.3, -0.25) is 4.40 Å². The fraction of sp³-hybridized carbons (Fsp3) is 0.129. The zero-order chi connectivity index (χ0) is 25.9. The van der Waals surface area contributed by atoms with Crippen LogP contribution in [0.25, 0.3) is 50.5 Å². The van der Waals surface area contributed by atoms with Crippen LogP contribution in [0, 0.1) is 0 Å². The van der Waals surface area contributed by atoms with Crippen molar-refractivity contribution in [1.82, 2.24) is 19.6 Å². The molecule has 5 nitrogen and oxygen atoms in total. The van der Waals surface area contributed by atoms with E-state index in [4.69, 9.17) is 10.7 Å². The molecule has 7 heteroatoms. The largest absolute Gasteiger partial charge is 0.321 e. The van der Waals surface area contributed by atoms with E-state index in [0.29, 0.717) is 5.56 Å². The fourth-order valence-electron chi connectivity index (χ4n) is 5.48. The van der Waals surface area contributed by atoms with E-state index in [9.17, 15) is 8.78 Å². The van der Waals surface area contributed by atoms with Crippen molar-refractivity contribution in [3.05, 3.63) is 109 Å². The average molecular weight is 504 g/mol. The van der Waals surface area contributed by atoms with Crippen LogP contribution in [0.3, 0.4) is 0 Å². The Bertz CT molecular complexity index is 1790. The molecule has 0 bridgehead atoms. The molecule has 0 saturated heterocycles.